The average Bonchev–Trinajstić information content (AvgIpc) is 3.15. The summed E-state index contributed by atoms with van der Waals surface area (Å²) in [7, 11) is 7.79. The first kappa shape index (κ1) is 37.9. The zero-order valence-electron chi connectivity index (χ0n) is 29.9. The number of nitrogens with zero attached hydrogens (tertiary/aromatic N) is 1. The number of aryl methyl sites for hydroxylation is 1. The zero-order valence-corrected chi connectivity index (χ0v) is 29.9. The Balaban J connectivity index is 1.61. The third kappa shape index (κ3) is 9.19. The van der Waals surface area contributed by atoms with Gasteiger partial charge in [-0.25, -0.2) is 4.79 Å². The summed E-state index contributed by atoms with van der Waals surface area (Å²) >= 11 is 0. The highest BCUT2D eigenvalue weighted by Gasteiger charge is 2.37. The molecule has 1 unspecified atom stereocenters. The lowest BCUT2D eigenvalue weighted by atomic mass is 9.84. The number of amides is 1. The molecule has 1 aliphatic rings. The van der Waals surface area contributed by atoms with Crippen molar-refractivity contribution < 1.29 is 47.9 Å². The van der Waals surface area contributed by atoms with E-state index < -0.39 is 24.5 Å². The van der Waals surface area contributed by atoms with Crippen LogP contribution in [0.1, 0.15) is 74.0 Å². The van der Waals surface area contributed by atoms with E-state index in [9.17, 15) is 14.4 Å². The van der Waals surface area contributed by atoms with Crippen LogP contribution in [0.2, 0.25) is 0 Å². The molecule has 1 N–H and O–H groups in total. The van der Waals surface area contributed by atoms with Gasteiger partial charge < -0.3 is 38.4 Å². The number of piperidine rings is 1. The van der Waals surface area contributed by atoms with Crippen molar-refractivity contribution >= 4 is 17.7 Å². The largest absolute Gasteiger partial charge is 0.493 e. The van der Waals surface area contributed by atoms with Gasteiger partial charge in [-0.3, -0.25) is 9.59 Å². The Bertz CT molecular complexity index is 1600. The highest BCUT2D eigenvalue weighted by atomic mass is 16.5. The first-order valence-electron chi connectivity index (χ1n) is 17.0. The number of methoxy groups -OCH3 is 5. The maximum atomic E-state index is 14.3. The van der Waals surface area contributed by atoms with Crippen molar-refractivity contribution in [3.63, 3.8) is 0 Å². The van der Waals surface area contributed by atoms with Gasteiger partial charge in [0.15, 0.2) is 35.4 Å². The highest BCUT2D eigenvalue weighted by molar-refractivity contribution is 5.92. The molecule has 0 bridgehead atoms. The maximum Gasteiger partial charge on any atom is 0.341 e. The summed E-state index contributed by atoms with van der Waals surface area (Å²) in [6.07, 6.45) is 4.22. The second-order valence-electron chi connectivity index (χ2n) is 12.3. The molecule has 11 nitrogen and oxygen atoms in total. The number of hydrogen-bond acceptors (Lipinski definition) is 9. The molecule has 0 saturated carbocycles. The second kappa shape index (κ2) is 18.2. The van der Waals surface area contributed by atoms with E-state index in [1.165, 1.54) is 7.11 Å². The van der Waals surface area contributed by atoms with Crippen molar-refractivity contribution in [2.75, 3.05) is 48.7 Å². The summed E-state index contributed by atoms with van der Waals surface area (Å²) in [6.45, 7) is 1.98. The fraction of sp³-hybridized carbons (Fsp3) is 0.462. The third-order valence-electron chi connectivity index (χ3n) is 9.32. The molecule has 0 radical (unpaired) electrons. The molecule has 3 aromatic carbocycles. The summed E-state index contributed by atoms with van der Waals surface area (Å²) in [4.78, 5) is 41.6. The quantitative estimate of drug-likeness (QED) is 0.159. The van der Waals surface area contributed by atoms with E-state index in [1.807, 2.05) is 31.2 Å². The number of hydrogen-bond donors (Lipinski definition) is 1. The molecule has 1 heterocycles. The topological polar surface area (TPSA) is 130 Å². The zero-order chi connectivity index (χ0) is 36.2. The average molecular weight is 692 g/mol. The van der Waals surface area contributed by atoms with Crippen molar-refractivity contribution in [3.05, 3.63) is 71.3 Å². The Hall–Kier alpha value is -4.93. The van der Waals surface area contributed by atoms with Crippen LogP contribution in [0.5, 0.6) is 34.5 Å². The first-order chi connectivity index (χ1) is 24.2. The van der Waals surface area contributed by atoms with Crippen LogP contribution in [0, 0.1) is 0 Å². The van der Waals surface area contributed by atoms with E-state index in [4.69, 9.17) is 33.5 Å². The van der Waals surface area contributed by atoms with Gasteiger partial charge in [0, 0.05) is 13.0 Å². The number of ketones is 1. The number of carboxylic acid groups (broad SMARTS) is 1. The second-order valence-corrected chi connectivity index (χ2v) is 12.3. The van der Waals surface area contributed by atoms with E-state index in [-0.39, 0.29) is 24.0 Å². The molecule has 0 aliphatic carbocycles. The van der Waals surface area contributed by atoms with Crippen LogP contribution in [0.3, 0.4) is 0 Å². The predicted octanol–water partition coefficient (Wildman–Crippen LogP) is 6.44. The number of carboxylic acids is 1. The lowest BCUT2D eigenvalue weighted by Crippen LogP contribution is -2.49. The van der Waals surface area contributed by atoms with E-state index in [0.717, 1.165) is 29.5 Å². The van der Waals surface area contributed by atoms with Gasteiger partial charge in [0.25, 0.3) is 0 Å². The SMILES string of the molecule is CC[C@H](C(=O)N1CCCCC1C(=O)C[C@H](CCc1ccc(OC)c(OC)c1)c1cccc(OCC(=O)O)c1)c1cc(OC)c(OC)c(OC)c1. The monoisotopic (exact) mass is 691 g/mol. The standard InChI is InChI=1S/C39H49NO10/c1-7-30(28-22-35(47-4)38(49-6)36(23-28)48-5)39(44)40-18-9-8-13-31(40)32(41)21-27(26-11-10-12-29(20-26)50-24-37(42)43)16-14-25-15-17-33(45-2)34(19-25)46-3/h10-12,15,17,19-20,22-23,27,30-31H,7-9,13-14,16,18,21,24H2,1-6H3,(H,42,43)/t27-,30-,31?/m0/s1. The van der Waals surface area contributed by atoms with Gasteiger partial charge in [-0.1, -0.05) is 25.1 Å². The minimum absolute atomic E-state index is 0.00744. The Kier molecular flexibility index (Phi) is 13.8. The molecule has 50 heavy (non-hydrogen) atoms. The summed E-state index contributed by atoms with van der Waals surface area (Å²) in [5, 5.41) is 9.14. The Morgan fingerprint density at radius 2 is 1.52 bits per heavy atom. The van der Waals surface area contributed by atoms with Crippen LogP contribution in [-0.2, 0) is 20.8 Å². The summed E-state index contributed by atoms with van der Waals surface area (Å²) < 4.78 is 33.0. The number of rotatable bonds is 18. The maximum absolute atomic E-state index is 14.3. The number of benzene rings is 3. The van der Waals surface area contributed by atoms with Crippen molar-refractivity contribution in [3.8, 4) is 34.5 Å². The molecule has 1 aliphatic heterocycles. The normalized spacial score (nSPS) is 15.4. The lowest BCUT2D eigenvalue weighted by Gasteiger charge is -2.37. The number of likely N-dealkylation sites (tertiary alicyclic amines) is 1. The van der Waals surface area contributed by atoms with Crippen LogP contribution in [0.25, 0.3) is 0 Å². The number of carbonyl (C=O) groups excluding carboxylic acids is 2. The van der Waals surface area contributed by atoms with Gasteiger partial charge in [0.2, 0.25) is 11.7 Å². The third-order valence-corrected chi connectivity index (χ3v) is 9.32. The van der Waals surface area contributed by atoms with Crippen LogP contribution in [-0.4, -0.2) is 82.4 Å². The van der Waals surface area contributed by atoms with Crippen molar-refractivity contribution in [1.29, 1.82) is 0 Å². The van der Waals surface area contributed by atoms with Crippen molar-refractivity contribution in [2.45, 2.75) is 69.7 Å². The Labute approximate surface area is 294 Å². The summed E-state index contributed by atoms with van der Waals surface area (Å²) in [5.41, 5.74) is 2.61. The minimum Gasteiger partial charge on any atom is -0.493 e. The van der Waals surface area contributed by atoms with Crippen molar-refractivity contribution in [1.82, 2.24) is 4.90 Å². The molecule has 0 aromatic heterocycles. The molecule has 11 heteroatoms. The van der Waals surface area contributed by atoms with Crippen LogP contribution >= 0.6 is 0 Å². The fourth-order valence-electron chi connectivity index (χ4n) is 6.73. The van der Waals surface area contributed by atoms with Crippen LogP contribution in [0.15, 0.2) is 54.6 Å². The molecule has 3 atom stereocenters. The van der Waals surface area contributed by atoms with Gasteiger partial charge in [0.1, 0.15) is 5.75 Å². The molecular weight excluding hydrogens is 642 g/mol. The lowest BCUT2D eigenvalue weighted by molar-refractivity contribution is -0.142. The van der Waals surface area contributed by atoms with E-state index in [2.05, 4.69) is 0 Å². The van der Waals surface area contributed by atoms with Gasteiger partial charge in [-0.15, -0.1) is 0 Å². The Morgan fingerprint density at radius 3 is 2.14 bits per heavy atom. The van der Waals surface area contributed by atoms with E-state index in [0.29, 0.717) is 66.7 Å². The van der Waals surface area contributed by atoms with Gasteiger partial charge in [-0.05, 0) is 97.5 Å². The molecular formula is C39H49NO10. The number of aliphatic carboxylic acids is 1. The number of Topliss-reactive ketones (excluding diaryl/α,β-unsaturated/α-hetero) is 1. The summed E-state index contributed by atoms with van der Waals surface area (Å²) in [5.74, 6) is 1.12. The molecule has 1 amide bonds. The van der Waals surface area contributed by atoms with Crippen LogP contribution in [0.4, 0.5) is 0 Å². The van der Waals surface area contributed by atoms with E-state index >= 15 is 0 Å². The van der Waals surface area contributed by atoms with Gasteiger partial charge in [0.05, 0.1) is 47.5 Å². The molecule has 1 saturated heterocycles. The highest BCUT2D eigenvalue weighted by Crippen LogP contribution is 2.42. The first-order valence-corrected chi connectivity index (χ1v) is 17.0. The van der Waals surface area contributed by atoms with Gasteiger partial charge in [-0.2, -0.15) is 0 Å². The molecule has 0 spiro atoms. The molecule has 3 aromatic rings. The Morgan fingerprint density at radius 1 is 0.820 bits per heavy atom. The minimum atomic E-state index is -1.07. The summed E-state index contributed by atoms with van der Waals surface area (Å²) in [6, 6.07) is 16.0. The van der Waals surface area contributed by atoms with Crippen molar-refractivity contribution in [2.24, 2.45) is 0 Å². The molecule has 270 valence electrons. The van der Waals surface area contributed by atoms with Crippen LogP contribution < -0.4 is 28.4 Å². The number of carbonyl (C=O) groups is 3. The number of ether oxygens (including phenoxy) is 6. The van der Waals surface area contributed by atoms with Gasteiger partial charge >= 0.3 is 5.97 Å². The predicted molar refractivity (Wildman–Crippen MR) is 188 cm³/mol. The molecule has 4 rings (SSSR count). The smallest absolute Gasteiger partial charge is 0.341 e. The fourth-order valence-corrected chi connectivity index (χ4v) is 6.73. The molecule has 1 fully saturated rings. The van der Waals surface area contributed by atoms with E-state index in [1.54, 1.807) is 63.7 Å².